The summed E-state index contributed by atoms with van der Waals surface area (Å²) >= 11 is 1.80. The molecule has 0 spiro atoms. The summed E-state index contributed by atoms with van der Waals surface area (Å²) in [7, 11) is 0. The van der Waals surface area contributed by atoms with Crippen LogP contribution in [0.15, 0.2) is 36.5 Å². The second-order valence-corrected chi connectivity index (χ2v) is 12.1. The maximum absolute atomic E-state index is 13.3. The second kappa shape index (κ2) is 12.8. The number of nitrogens with zero attached hydrogens (tertiary/aromatic N) is 3. The summed E-state index contributed by atoms with van der Waals surface area (Å²) < 4.78 is 11.2. The molecule has 1 N–H and O–H groups in total. The van der Waals surface area contributed by atoms with Crippen molar-refractivity contribution in [2.45, 2.75) is 77.9 Å². The Morgan fingerprint density at radius 1 is 1.24 bits per heavy atom. The van der Waals surface area contributed by atoms with Crippen molar-refractivity contribution in [1.29, 1.82) is 0 Å². The van der Waals surface area contributed by atoms with Crippen molar-refractivity contribution in [2.75, 3.05) is 24.6 Å². The molecule has 0 radical (unpaired) electrons. The first kappa shape index (κ1) is 28.2. The highest BCUT2D eigenvalue weighted by Gasteiger charge is 2.35. The number of anilines is 1. The van der Waals surface area contributed by atoms with E-state index in [1.807, 2.05) is 26.8 Å². The molecule has 2 saturated heterocycles. The number of pyridine rings is 1. The summed E-state index contributed by atoms with van der Waals surface area (Å²) in [5, 5.41) is 0. The molecule has 0 bridgehead atoms. The molecule has 9 nitrogen and oxygen atoms in total. The molecule has 2 aromatic rings. The number of carbonyl (C=O) groups excluding carboxylic acids is 2. The number of carbonyl (C=O) groups is 2. The van der Waals surface area contributed by atoms with E-state index in [1.165, 1.54) is 15.8 Å². The highest BCUT2D eigenvalue weighted by Crippen LogP contribution is 2.27. The first-order valence-corrected chi connectivity index (χ1v) is 14.0. The van der Waals surface area contributed by atoms with Gasteiger partial charge in [0.2, 0.25) is 0 Å². The number of thiophene rings is 1. The third kappa shape index (κ3) is 8.36. The first-order chi connectivity index (χ1) is 18.2. The van der Waals surface area contributed by atoms with E-state index in [2.05, 4.69) is 34.4 Å². The number of hydrogen-bond donors (Lipinski definition) is 1. The van der Waals surface area contributed by atoms with Gasteiger partial charge in [-0.05, 0) is 82.9 Å². The van der Waals surface area contributed by atoms with Crippen LogP contribution in [0.2, 0.25) is 0 Å². The van der Waals surface area contributed by atoms with Gasteiger partial charge >= 0.3 is 6.09 Å². The fourth-order valence-corrected chi connectivity index (χ4v) is 5.40. The molecule has 2 atom stereocenters. The van der Waals surface area contributed by atoms with Crippen LogP contribution in [0.25, 0.3) is 6.08 Å². The van der Waals surface area contributed by atoms with Gasteiger partial charge in [-0.2, -0.15) is 0 Å². The highest BCUT2D eigenvalue weighted by molar-refractivity contribution is 7.11. The Morgan fingerprint density at radius 2 is 2.08 bits per heavy atom. The summed E-state index contributed by atoms with van der Waals surface area (Å²) in [6, 6.07) is 7.88. The number of rotatable bonds is 8. The lowest BCUT2D eigenvalue weighted by Gasteiger charge is -2.31. The molecule has 2 amide bonds. The lowest BCUT2D eigenvalue weighted by atomic mass is 10.2. The van der Waals surface area contributed by atoms with Gasteiger partial charge in [0, 0.05) is 54.7 Å². The van der Waals surface area contributed by atoms with Gasteiger partial charge < -0.3 is 9.47 Å². The number of amides is 2. The molecule has 38 heavy (non-hydrogen) atoms. The summed E-state index contributed by atoms with van der Waals surface area (Å²) in [4.78, 5) is 41.9. The molecular formula is C28H38N4O5S. The molecule has 10 heteroatoms. The number of hydroxylamine groups is 1. The predicted octanol–water partition coefficient (Wildman–Crippen LogP) is 5.06. The van der Waals surface area contributed by atoms with Crippen molar-refractivity contribution < 1.29 is 23.9 Å². The van der Waals surface area contributed by atoms with E-state index in [1.54, 1.807) is 34.6 Å². The Kier molecular flexibility index (Phi) is 9.54. The minimum absolute atomic E-state index is 0.0512. The van der Waals surface area contributed by atoms with Gasteiger partial charge in [-0.25, -0.2) is 20.1 Å². The summed E-state index contributed by atoms with van der Waals surface area (Å²) in [6.07, 6.45) is 7.48. The molecule has 1 unspecified atom stereocenters. The normalized spacial score (nSPS) is 20.5. The molecule has 2 aromatic heterocycles. The van der Waals surface area contributed by atoms with E-state index in [-0.39, 0.29) is 11.9 Å². The van der Waals surface area contributed by atoms with Gasteiger partial charge in [0.15, 0.2) is 6.29 Å². The van der Waals surface area contributed by atoms with Crippen molar-refractivity contribution in [3.05, 3.63) is 51.9 Å². The molecule has 4 heterocycles. The Bertz CT molecular complexity index is 1110. The molecule has 2 aliphatic rings. The Morgan fingerprint density at radius 3 is 2.74 bits per heavy atom. The van der Waals surface area contributed by atoms with E-state index in [0.29, 0.717) is 12.4 Å². The minimum atomic E-state index is -0.622. The summed E-state index contributed by atoms with van der Waals surface area (Å²) in [5.41, 5.74) is 2.51. The number of aryl methyl sites for hydroxylation is 1. The molecule has 2 aliphatic heterocycles. The first-order valence-electron chi connectivity index (χ1n) is 13.2. The van der Waals surface area contributed by atoms with Crippen molar-refractivity contribution in [3.63, 3.8) is 0 Å². The highest BCUT2D eigenvalue weighted by atomic mass is 32.1. The van der Waals surface area contributed by atoms with E-state index >= 15 is 0 Å². The monoisotopic (exact) mass is 542 g/mol. The van der Waals surface area contributed by atoms with Crippen LogP contribution in [0, 0.1) is 6.92 Å². The largest absolute Gasteiger partial charge is 0.443 e. The average Bonchev–Trinajstić information content (AvgIpc) is 3.50. The molecule has 4 rings (SSSR count). The topological polar surface area (TPSA) is 93.2 Å². The second-order valence-electron chi connectivity index (χ2n) is 10.7. The third-order valence-electron chi connectivity index (χ3n) is 6.25. The zero-order valence-electron chi connectivity index (χ0n) is 22.6. The third-order valence-corrected chi connectivity index (χ3v) is 7.24. The molecule has 0 aromatic carbocycles. The van der Waals surface area contributed by atoms with Crippen LogP contribution in [-0.4, -0.2) is 59.5 Å². The fourth-order valence-electron chi connectivity index (χ4n) is 4.47. The Labute approximate surface area is 228 Å². The lowest BCUT2D eigenvalue weighted by molar-refractivity contribution is -0.198. The van der Waals surface area contributed by atoms with Gasteiger partial charge in [-0.1, -0.05) is 0 Å². The van der Waals surface area contributed by atoms with Gasteiger partial charge in [0.25, 0.3) is 5.91 Å². The number of likely N-dealkylation sites (tertiary alicyclic amines) is 1. The van der Waals surface area contributed by atoms with Crippen LogP contribution in [0.5, 0.6) is 0 Å². The summed E-state index contributed by atoms with van der Waals surface area (Å²) in [5.74, 6) is 0.142. The Balaban J connectivity index is 1.39. The quantitative estimate of drug-likeness (QED) is 0.368. The molecule has 0 saturated carbocycles. The van der Waals surface area contributed by atoms with Crippen LogP contribution in [0.4, 0.5) is 10.6 Å². The van der Waals surface area contributed by atoms with Gasteiger partial charge in [0.05, 0.1) is 6.04 Å². The maximum Gasteiger partial charge on any atom is 0.416 e. The summed E-state index contributed by atoms with van der Waals surface area (Å²) in [6.45, 7) is 10.8. The van der Waals surface area contributed by atoms with E-state index in [0.717, 1.165) is 50.9 Å². The molecule has 206 valence electrons. The predicted molar refractivity (Wildman–Crippen MR) is 148 cm³/mol. The van der Waals surface area contributed by atoms with E-state index in [9.17, 15) is 9.59 Å². The zero-order valence-corrected chi connectivity index (χ0v) is 23.5. The Hall–Kier alpha value is -2.79. The van der Waals surface area contributed by atoms with Crippen molar-refractivity contribution in [3.8, 4) is 0 Å². The number of hydrogen-bond acceptors (Lipinski definition) is 8. The van der Waals surface area contributed by atoms with Crippen LogP contribution < -0.4 is 10.4 Å². The zero-order chi connectivity index (χ0) is 27.1. The fraction of sp³-hybridized carbons (Fsp3) is 0.536. The molecule has 0 aliphatic carbocycles. The number of nitrogens with one attached hydrogen (secondary N) is 1. The van der Waals surface area contributed by atoms with Crippen LogP contribution in [-0.2, 0) is 25.7 Å². The number of aromatic nitrogens is 1. The standard InChI is InChI=1S/C28H38N4O5S/c1-20-8-11-23(38-20)19-31-15-14-22(18-31)32(27(34)36-28(2,3)4)24-12-9-21(17-29-24)10-13-25(33)30-37-26-7-5-6-16-35-26/h8-13,17,22,26H,5-7,14-16,18-19H2,1-4H3,(H,30,33)/b13-10+/t22-,26?/m1/s1. The average molecular weight is 543 g/mol. The van der Waals surface area contributed by atoms with Gasteiger partial charge in [0.1, 0.15) is 11.4 Å². The minimum Gasteiger partial charge on any atom is -0.443 e. The van der Waals surface area contributed by atoms with Crippen molar-refractivity contribution in [2.24, 2.45) is 0 Å². The number of ether oxygens (including phenoxy) is 2. The maximum atomic E-state index is 13.3. The van der Waals surface area contributed by atoms with Gasteiger partial charge in [-0.15, -0.1) is 11.3 Å². The van der Waals surface area contributed by atoms with Crippen molar-refractivity contribution >= 4 is 35.2 Å². The molecule has 2 fully saturated rings. The molecular weight excluding hydrogens is 504 g/mol. The van der Waals surface area contributed by atoms with Gasteiger partial charge in [-0.3, -0.25) is 14.6 Å². The van der Waals surface area contributed by atoms with E-state index in [4.69, 9.17) is 14.3 Å². The van der Waals surface area contributed by atoms with Crippen molar-refractivity contribution in [1.82, 2.24) is 15.4 Å². The van der Waals surface area contributed by atoms with E-state index < -0.39 is 18.0 Å². The van der Waals surface area contributed by atoms with Crippen LogP contribution in [0.3, 0.4) is 0 Å². The van der Waals surface area contributed by atoms with Crippen LogP contribution in [0.1, 0.15) is 61.8 Å². The van der Waals surface area contributed by atoms with Crippen LogP contribution >= 0.6 is 11.3 Å². The smallest absolute Gasteiger partial charge is 0.416 e. The SMILES string of the molecule is Cc1ccc(CN2CC[C@@H](N(C(=O)OC(C)(C)C)c3ccc(/C=C/C(=O)NOC4CCCCO4)cn3)C2)s1. The lowest BCUT2D eigenvalue weighted by Crippen LogP contribution is -2.45.